The van der Waals surface area contributed by atoms with Crippen LogP contribution in [0.15, 0.2) is 51.8 Å². The Morgan fingerprint density at radius 1 is 1.13 bits per heavy atom. The minimum absolute atomic E-state index is 0.104. The molecule has 0 unspecified atom stereocenters. The van der Waals surface area contributed by atoms with E-state index in [-0.39, 0.29) is 24.9 Å². The molecular weight excluding hydrogens is 617 g/mol. The number of halogens is 4. The summed E-state index contributed by atoms with van der Waals surface area (Å²) < 4.78 is 80.9. The molecule has 0 saturated heterocycles. The van der Waals surface area contributed by atoms with Crippen LogP contribution < -0.4 is 25.4 Å². The van der Waals surface area contributed by atoms with Gasteiger partial charge in [-0.05, 0) is 42.3 Å². The zero-order valence-corrected chi connectivity index (χ0v) is 22.6. The lowest BCUT2D eigenvalue weighted by molar-refractivity contribution is -0.202. The number of esters is 2. The fourth-order valence-electron chi connectivity index (χ4n) is 2.91. The molecule has 0 aliphatic carbocycles. The van der Waals surface area contributed by atoms with Crippen LogP contribution in [0.1, 0.15) is 12.0 Å². The number of carbonyl (C=O) groups excluding carboxylic acids is 2. The molecule has 0 aromatic heterocycles. The molecule has 0 amide bonds. The van der Waals surface area contributed by atoms with Crippen molar-refractivity contribution in [1.29, 1.82) is 5.41 Å². The topological polar surface area (TPSA) is 179 Å². The van der Waals surface area contributed by atoms with E-state index >= 15 is 0 Å². The molecule has 39 heavy (non-hydrogen) atoms. The lowest BCUT2D eigenvalue weighted by Crippen LogP contribution is -2.45. The van der Waals surface area contributed by atoms with Crippen LogP contribution in [-0.4, -0.2) is 58.9 Å². The van der Waals surface area contributed by atoms with Crippen molar-refractivity contribution in [3.63, 3.8) is 0 Å². The van der Waals surface area contributed by atoms with Crippen LogP contribution in [-0.2, 0) is 35.6 Å². The molecule has 0 aliphatic heterocycles. The molecule has 0 radical (unpaired) electrons. The van der Waals surface area contributed by atoms with Gasteiger partial charge >= 0.3 is 18.1 Å². The highest BCUT2D eigenvalue weighted by atomic mass is 79.9. The molecular formula is C22H24BrF3N4O8S. The van der Waals surface area contributed by atoms with Gasteiger partial charge in [-0.3, -0.25) is 10.2 Å². The van der Waals surface area contributed by atoms with Gasteiger partial charge in [-0.25, -0.2) is 23.5 Å². The maximum atomic E-state index is 13.1. The Balaban J connectivity index is 2.19. The normalized spacial score (nSPS) is 12.3. The van der Waals surface area contributed by atoms with Crippen molar-refractivity contribution >= 4 is 43.9 Å². The Bertz CT molecular complexity index is 1280. The number of alkyl halides is 3. The van der Waals surface area contributed by atoms with E-state index in [2.05, 4.69) is 26.1 Å². The van der Waals surface area contributed by atoms with E-state index in [0.717, 1.165) is 6.07 Å². The summed E-state index contributed by atoms with van der Waals surface area (Å²) >= 11 is 3.12. The lowest BCUT2D eigenvalue weighted by atomic mass is 10.1. The summed E-state index contributed by atoms with van der Waals surface area (Å²) in [4.78, 5) is 28.2. The van der Waals surface area contributed by atoms with Crippen LogP contribution in [0.4, 0.5) is 13.2 Å². The lowest BCUT2D eigenvalue weighted by Gasteiger charge is -2.19. The second-order valence-electron chi connectivity index (χ2n) is 7.59. The highest BCUT2D eigenvalue weighted by molar-refractivity contribution is 9.10. The first-order chi connectivity index (χ1) is 18.2. The third kappa shape index (κ3) is 10.3. The molecule has 0 aliphatic rings. The highest BCUT2D eigenvalue weighted by Gasteiger charge is 2.44. The summed E-state index contributed by atoms with van der Waals surface area (Å²) in [7, 11) is -3.35. The van der Waals surface area contributed by atoms with Crippen LogP contribution in [0.2, 0.25) is 0 Å². The van der Waals surface area contributed by atoms with Gasteiger partial charge in [0.1, 0.15) is 22.4 Å². The second kappa shape index (κ2) is 14.1. The monoisotopic (exact) mass is 640 g/mol. The van der Waals surface area contributed by atoms with Gasteiger partial charge in [0.2, 0.25) is 16.0 Å². The van der Waals surface area contributed by atoms with E-state index in [4.69, 9.17) is 25.5 Å². The Hall–Kier alpha value is -3.41. The molecule has 1 atom stereocenters. The number of carbonyl (C=O) groups is 2. The van der Waals surface area contributed by atoms with Crippen molar-refractivity contribution in [2.75, 3.05) is 20.3 Å². The van der Waals surface area contributed by atoms with E-state index < -0.39 is 45.5 Å². The average molecular weight is 641 g/mol. The quantitative estimate of drug-likeness (QED) is 0.0633. The summed E-state index contributed by atoms with van der Waals surface area (Å²) in [5.74, 6) is -4.61. The minimum atomic E-state index is -5.47. The van der Waals surface area contributed by atoms with Gasteiger partial charge in [-0.2, -0.15) is 17.9 Å². The summed E-state index contributed by atoms with van der Waals surface area (Å²) in [5.41, 5.74) is 7.53. The van der Waals surface area contributed by atoms with E-state index in [1.165, 1.54) is 43.5 Å². The molecule has 17 heteroatoms. The molecule has 5 N–H and O–H groups in total. The second-order valence-corrected chi connectivity index (χ2v) is 10.2. The summed E-state index contributed by atoms with van der Waals surface area (Å²) in [6.07, 6.45) is -5.51. The predicted octanol–water partition coefficient (Wildman–Crippen LogP) is 2.16. The number of hydroxylamine groups is 1. The SMILES string of the molecule is COc1ccc(Br)cc1S(=O)(=O)N[C@@H](Cc1ccc(OCCCONC(=N)N)cc1)C(=O)OC(=O)C(F)(F)F. The third-order valence-corrected chi connectivity index (χ3v) is 6.61. The van der Waals surface area contributed by atoms with Crippen LogP contribution in [0, 0.1) is 5.41 Å². The first kappa shape index (κ1) is 31.8. The smallest absolute Gasteiger partial charge is 0.491 e. The Labute approximate surface area is 229 Å². The van der Waals surface area contributed by atoms with Gasteiger partial charge in [-0.15, -0.1) is 0 Å². The van der Waals surface area contributed by atoms with Crippen molar-refractivity contribution in [3.05, 3.63) is 52.5 Å². The summed E-state index contributed by atoms with van der Waals surface area (Å²) in [5, 5.41) is 6.95. The Morgan fingerprint density at radius 3 is 2.38 bits per heavy atom. The number of rotatable bonds is 13. The standard InChI is InChI=1S/C22H24BrF3N4O8S/c1-35-17-8-5-14(23)12-18(17)39(33,34)30-16(19(31)38-20(32)22(24,25)26)11-13-3-6-15(7-4-13)36-9-2-10-37-29-21(27)28/h3-8,12,16,30H,2,9-11H2,1H3,(H4,27,28,29)/t16-/m0/s1. The van der Waals surface area contributed by atoms with Crippen LogP contribution in [0.25, 0.3) is 0 Å². The van der Waals surface area contributed by atoms with Crippen LogP contribution in [0.5, 0.6) is 11.5 Å². The maximum Gasteiger partial charge on any atom is 0.491 e. The largest absolute Gasteiger partial charge is 0.495 e. The van der Waals surface area contributed by atoms with Crippen molar-refractivity contribution in [2.24, 2.45) is 5.73 Å². The average Bonchev–Trinajstić information content (AvgIpc) is 2.85. The van der Waals surface area contributed by atoms with Gasteiger partial charge in [0.15, 0.2) is 0 Å². The number of hydrogen-bond acceptors (Lipinski definition) is 9. The summed E-state index contributed by atoms with van der Waals surface area (Å²) in [6, 6.07) is 7.93. The molecule has 214 valence electrons. The van der Waals surface area contributed by atoms with Crippen LogP contribution in [0.3, 0.4) is 0 Å². The van der Waals surface area contributed by atoms with Gasteiger partial charge in [0.05, 0.1) is 20.3 Å². The first-order valence-electron chi connectivity index (χ1n) is 10.8. The summed E-state index contributed by atoms with van der Waals surface area (Å²) in [6.45, 7) is 0.419. The predicted molar refractivity (Wildman–Crippen MR) is 133 cm³/mol. The number of hydrogen-bond donors (Lipinski definition) is 4. The number of ether oxygens (including phenoxy) is 3. The van der Waals surface area contributed by atoms with E-state index in [1.54, 1.807) is 0 Å². The van der Waals surface area contributed by atoms with Crippen LogP contribution >= 0.6 is 15.9 Å². The molecule has 0 spiro atoms. The van der Waals surface area contributed by atoms with Gasteiger partial charge in [-0.1, -0.05) is 28.1 Å². The Morgan fingerprint density at radius 2 is 1.79 bits per heavy atom. The van der Waals surface area contributed by atoms with Crippen molar-refractivity contribution in [1.82, 2.24) is 10.2 Å². The number of benzene rings is 2. The van der Waals surface area contributed by atoms with Crippen molar-refractivity contribution in [3.8, 4) is 11.5 Å². The third-order valence-electron chi connectivity index (χ3n) is 4.63. The number of sulfonamides is 1. The van der Waals surface area contributed by atoms with Gasteiger partial charge in [0.25, 0.3) is 0 Å². The van der Waals surface area contributed by atoms with E-state index in [1.807, 2.05) is 4.72 Å². The highest BCUT2D eigenvalue weighted by Crippen LogP contribution is 2.28. The Kier molecular flexibility index (Phi) is 11.5. The zero-order chi connectivity index (χ0) is 29.2. The molecule has 12 nitrogen and oxygen atoms in total. The molecule has 0 fully saturated rings. The van der Waals surface area contributed by atoms with Crippen molar-refractivity contribution in [2.45, 2.75) is 30.0 Å². The van der Waals surface area contributed by atoms with Gasteiger partial charge < -0.3 is 19.9 Å². The molecule has 0 heterocycles. The number of methoxy groups -OCH3 is 1. The van der Waals surface area contributed by atoms with E-state index in [0.29, 0.717) is 22.2 Å². The van der Waals surface area contributed by atoms with Gasteiger partial charge in [0, 0.05) is 10.9 Å². The number of guanidine groups is 1. The molecule has 0 saturated carbocycles. The number of nitrogens with two attached hydrogens (primary N) is 1. The molecule has 2 aromatic carbocycles. The number of nitrogens with one attached hydrogen (secondary N) is 3. The zero-order valence-electron chi connectivity index (χ0n) is 20.2. The first-order valence-corrected chi connectivity index (χ1v) is 13.1. The fraction of sp³-hybridized carbons (Fsp3) is 0.318. The van der Waals surface area contributed by atoms with Crippen molar-refractivity contribution < 1.29 is 50.2 Å². The maximum absolute atomic E-state index is 13.1. The van der Waals surface area contributed by atoms with E-state index in [9.17, 15) is 31.2 Å². The molecule has 0 bridgehead atoms. The molecule has 2 rings (SSSR count). The molecule has 2 aromatic rings. The fourth-order valence-corrected chi connectivity index (χ4v) is 4.80. The minimum Gasteiger partial charge on any atom is -0.495 e.